The third-order valence-corrected chi connectivity index (χ3v) is 3.28. The van der Waals surface area contributed by atoms with E-state index in [0.717, 1.165) is 25.5 Å². The van der Waals surface area contributed by atoms with E-state index >= 15 is 0 Å². The molecule has 0 aromatic carbocycles. The molecule has 2 nitrogen and oxygen atoms in total. The third-order valence-electron chi connectivity index (χ3n) is 3.28. The Hall–Kier alpha value is -0.0800. The van der Waals surface area contributed by atoms with Crippen molar-refractivity contribution in [3.05, 3.63) is 0 Å². The van der Waals surface area contributed by atoms with Gasteiger partial charge in [-0.05, 0) is 31.2 Å². The van der Waals surface area contributed by atoms with Crippen LogP contribution in [-0.4, -0.2) is 26.3 Å². The Labute approximate surface area is 95.8 Å². The number of hydrogen-bond acceptors (Lipinski definition) is 2. The molecular formula is C13H29NO. The summed E-state index contributed by atoms with van der Waals surface area (Å²) in [4.78, 5) is 0. The van der Waals surface area contributed by atoms with E-state index in [0.29, 0.717) is 12.0 Å². The summed E-state index contributed by atoms with van der Waals surface area (Å²) < 4.78 is 5.14. The van der Waals surface area contributed by atoms with Crippen LogP contribution in [-0.2, 0) is 4.74 Å². The molecule has 0 amide bonds. The van der Waals surface area contributed by atoms with Gasteiger partial charge in [0.2, 0.25) is 0 Å². The SMILES string of the molecule is CCNC(CC(C)CC)C(C)CCOC. The highest BCUT2D eigenvalue weighted by Crippen LogP contribution is 2.18. The maximum absolute atomic E-state index is 5.14. The van der Waals surface area contributed by atoms with Gasteiger partial charge in [-0.15, -0.1) is 0 Å². The second-order valence-electron chi connectivity index (χ2n) is 4.67. The van der Waals surface area contributed by atoms with E-state index < -0.39 is 0 Å². The van der Waals surface area contributed by atoms with Crippen molar-refractivity contribution in [2.24, 2.45) is 11.8 Å². The van der Waals surface area contributed by atoms with Crippen molar-refractivity contribution in [3.63, 3.8) is 0 Å². The Morgan fingerprint density at radius 3 is 2.33 bits per heavy atom. The maximum Gasteiger partial charge on any atom is 0.0465 e. The summed E-state index contributed by atoms with van der Waals surface area (Å²) in [5.41, 5.74) is 0. The highest BCUT2D eigenvalue weighted by Gasteiger charge is 2.17. The van der Waals surface area contributed by atoms with Gasteiger partial charge in [0.25, 0.3) is 0 Å². The van der Waals surface area contributed by atoms with Crippen LogP contribution in [0.1, 0.15) is 47.0 Å². The summed E-state index contributed by atoms with van der Waals surface area (Å²) in [5.74, 6) is 1.53. The molecule has 3 unspecified atom stereocenters. The van der Waals surface area contributed by atoms with Gasteiger partial charge in [0.1, 0.15) is 0 Å². The van der Waals surface area contributed by atoms with E-state index in [1.807, 2.05) is 0 Å². The van der Waals surface area contributed by atoms with Gasteiger partial charge >= 0.3 is 0 Å². The number of ether oxygens (including phenoxy) is 1. The molecule has 0 bridgehead atoms. The quantitative estimate of drug-likeness (QED) is 0.638. The van der Waals surface area contributed by atoms with Crippen LogP contribution in [0.5, 0.6) is 0 Å². The lowest BCUT2D eigenvalue weighted by Crippen LogP contribution is -2.36. The highest BCUT2D eigenvalue weighted by molar-refractivity contribution is 4.75. The zero-order chi connectivity index (χ0) is 11.7. The van der Waals surface area contributed by atoms with E-state index in [-0.39, 0.29) is 0 Å². The van der Waals surface area contributed by atoms with Gasteiger partial charge in [0.15, 0.2) is 0 Å². The molecule has 0 aliphatic rings. The first-order valence-electron chi connectivity index (χ1n) is 6.37. The Balaban J connectivity index is 3.99. The average Bonchev–Trinajstić information content (AvgIpc) is 2.24. The van der Waals surface area contributed by atoms with Crippen molar-refractivity contribution >= 4 is 0 Å². The zero-order valence-corrected chi connectivity index (χ0v) is 11.2. The van der Waals surface area contributed by atoms with Gasteiger partial charge < -0.3 is 10.1 Å². The molecule has 0 aromatic rings. The summed E-state index contributed by atoms with van der Waals surface area (Å²) in [5, 5.41) is 3.60. The van der Waals surface area contributed by atoms with Crippen LogP contribution in [0, 0.1) is 11.8 Å². The van der Waals surface area contributed by atoms with Crippen LogP contribution in [0.3, 0.4) is 0 Å². The molecule has 0 spiro atoms. The summed E-state index contributed by atoms with van der Waals surface area (Å²) in [6.07, 6.45) is 3.72. The number of hydrogen-bond donors (Lipinski definition) is 1. The number of nitrogens with one attached hydrogen (secondary N) is 1. The topological polar surface area (TPSA) is 21.3 Å². The lowest BCUT2D eigenvalue weighted by Gasteiger charge is -2.27. The molecule has 0 heterocycles. The molecule has 0 saturated carbocycles. The minimum absolute atomic E-state index is 0.653. The normalized spacial score (nSPS) is 17.4. The second-order valence-corrected chi connectivity index (χ2v) is 4.67. The first-order valence-corrected chi connectivity index (χ1v) is 6.37. The fraction of sp³-hybridized carbons (Fsp3) is 1.00. The molecule has 92 valence electrons. The standard InChI is InChI=1S/C13H29NO/c1-6-11(3)10-13(14-7-2)12(4)8-9-15-5/h11-14H,6-10H2,1-5H3. The molecule has 0 fully saturated rings. The van der Waals surface area contributed by atoms with Crippen LogP contribution in [0.15, 0.2) is 0 Å². The van der Waals surface area contributed by atoms with Crippen molar-refractivity contribution in [1.29, 1.82) is 0 Å². The van der Waals surface area contributed by atoms with Gasteiger partial charge in [-0.3, -0.25) is 0 Å². The number of methoxy groups -OCH3 is 1. The monoisotopic (exact) mass is 215 g/mol. The van der Waals surface area contributed by atoms with Crippen LogP contribution < -0.4 is 5.32 Å². The molecule has 15 heavy (non-hydrogen) atoms. The fourth-order valence-corrected chi connectivity index (χ4v) is 1.88. The molecule has 0 rings (SSSR count). The first-order chi connectivity index (χ1) is 7.15. The molecule has 0 aliphatic heterocycles. The second kappa shape index (κ2) is 9.17. The summed E-state index contributed by atoms with van der Waals surface area (Å²) in [7, 11) is 1.78. The Bertz CT molecular complexity index is 138. The lowest BCUT2D eigenvalue weighted by molar-refractivity contribution is 0.165. The summed E-state index contributed by atoms with van der Waals surface area (Å²) >= 11 is 0. The highest BCUT2D eigenvalue weighted by atomic mass is 16.5. The smallest absolute Gasteiger partial charge is 0.0465 e. The minimum Gasteiger partial charge on any atom is -0.385 e. The predicted octanol–water partition coefficient (Wildman–Crippen LogP) is 3.07. The van der Waals surface area contributed by atoms with Crippen LogP contribution in [0.2, 0.25) is 0 Å². The van der Waals surface area contributed by atoms with Crippen LogP contribution in [0.4, 0.5) is 0 Å². The molecule has 0 aliphatic carbocycles. The Morgan fingerprint density at radius 1 is 1.20 bits per heavy atom. The lowest BCUT2D eigenvalue weighted by atomic mass is 9.89. The zero-order valence-electron chi connectivity index (χ0n) is 11.2. The summed E-state index contributed by atoms with van der Waals surface area (Å²) in [6, 6.07) is 0.653. The van der Waals surface area contributed by atoms with Crippen molar-refractivity contribution in [3.8, 4) is 0 Å². The van der Waals surface area contributed by atoms with Crippen molar-refractivity contribution in [2.75, 3.05) is 20.3 Å². The van der Waals surface area contributed by atoms with E-state index in [2.05, 4.69) is 33.0 Å². The molecule has 0 radical (unpaired) electrons. The maximum atomic E-state index is 5.14. The van der Waals surface area contributed by atoms with Crippen molar-refractivity contribution < 1.29 is 4.74 Å². The molecule has 0 aromatic heterocycles. The Kier molecular flexibility index (Phi) is 9.12. The fourth-order valence-electron chi connectivity index (χ4n) is 1.88. The third kappa shape index (κ3) is 6.91. The van der Waals surface area contributed by atoms with Gasteiger partial charge in [-0.25, -0.2) is 0 Å². The van der Waals surface area contributed by atoms with Crippen LogP contribution in [0.25, 0.3) is 0 Å². The summed E-state index contributed by atoms with van der Waals surface area (Å²) in [6.45, 7) is 11.1. The molecular weight excluding hydrogens is 186 g/mol. The first kappa shape index (κ1) is 14.9. The average molecular weight is 215 g/mol. The molecule has 1 N–H and O–H groups in total. The molecule has 3 atom stereocenters. The Morgan fingerprint density at radius 2 is 1.87 bits per heavy atom. The number of rotatable bonds is 9. The van der Waals surface area contributed by atoms with Gasteiger partial charge in [-0.1, -0.05) is 34.1 Å². The van der Waals surface area contributed by atoms with Gasteiger partial charge in [0, 0.05) is 19.8 Å². The molecule has 2 heteroatoms. The largest absolute Gasteiger partial charge is 0.385 e. The van der Waals surface area contributed by atoms with Crippen molar-refractivity contribution in [2.45, 2.75) is 53.0 Å². The van der Waals surface area contributed by atoms with E-state index in [1.54, 1.807) is 7.11 Å². The minimum atomic E-state index is 0.653. The van der Waals surface area contributed by atoms with E-state index in [4.69, 9.17) is 4.74 Å². The van der Waals surface area contributed by atoms with Gasteiger partial charge in [0.05, 0.1) is 0 Å². The molecule has 0 saturated heterocycles. The van der Waals surface area contributed by atoms with Gasteiger partial charge in [-0.2, -0.15) is 0 Å². The van der Waals surface area contributed by atoms with Crippen LogP contribution >= 0.6 is 0 Å². The van der Waals surface area contributed by atoms with E-state index in [9.17, 15) is 0 Å². The predicted molar refractivity (Wildman–Crippen MR) is 67.2 cm³/mol. The van der Waals surface area contributed by atoms with E-state index in [1.165, 1.54) is 12.8 Å². The van der Waals surface area contributed by atoms with Crippen molar-refractivity contribution in [1.82, 2.24) is 5.32 Å².